The van der Waals surface area contributed by atoms with Crippen molar-refractivity contribution in [2.45, 2.75) is 12.8 Å². The zero-order valence-electron chi connectivity index (χ0n) is 5.06. The molecule has 50 valence electrons. The second-order valence-electron chi connectivity index (χ2n) is 2.16. The molecule has 0 aromatic carbocycles. The van der Waals surface area contributed by atoms with Crippen molar-refractivity contribution in [3.8, 4) is 0 Å². The molecule has 0 bridgehead atoms. The average Bonchev–Trinajstić information content (AvgIpc) is 1.80. The van der Waals surface area contributed by atoms with Crippen LogP contribution < -0.4 is 0 Å². The minimum absolute atomic E-state index is 0.155. The second-order valence-corrected chi connectivity index (χ2v) is 3.02. The maximum atomic E-state index is 10.8. The Morgan fingerprint density at radius 1 is 1.56 bits per heavy atom. The van der Waals surface area contributed by atoms with Crippen molar-refractivity contribution in [2.24, 2.45) is 0 Å². The zero-order valence-corrected chi connectivity index (χ0v) is 6.65. The first kappa shape index (κ1) is 6.81. The highest BCUT2D eigenvalue weighted by Gasteiger charge is 2.16. The van der Waals surface area contributed by atoms with Crippen LogP contribution in [0.15, 0.2) is 12.2 Å². The normalized spacial score (nSPS) is 20.8. The monoisotopic (exact) mass is 189 g/mol. The third-order valence-corrected chi connectivity index (χ3v) is 1.97. The molecule has 0 unspecified atom stereocenters. The fraction of sp³-hybridized carbons (Fsp3) is 0.500. The van der Waals surface area contributed by atoms with Crippen molar-refractivity contribution in [3.05, 3.63) is 12.2 Å². The minimum atomic E-state index is 0.155. The van der Waals surface area contributed by atoms with Crippen LogP contribution in [0.25, 0.3) is 0 Å². The summed E-state index contributed by atoms with van der Waals surface area (Å²) >= 11 is 3.12. The number of nitrogens with zero attached hydrogens (tertiary/aromatic N) is 1. The van der Waals surface area contributed by atoms with Gasteiger partial charge in [0.05, 0.1) is 22.7 Å². The summed E-state index contributed by atoms with van der Waals surface area (Å²) in [6.07, 6.45) is 1.45. The largest absolute Gasteiger partial charge is 0.275 e. The molecule has 0 N–H and O–H groups in total. The van der Waals surface area contributed by atoms with Gasteiger partial charge in [0.2, 0.25) is 5.91 Å². The summed E-state index contributed by atoms with van der Waals surface area (Å²) in [6, 6.07) is 0. The van der Waals surface area contributed by atoms with Gasteiger partial charge in [0.25, 0.3) is 0 Å². The second kappa shape index (κ2) is 2.52. The number of rotatable bonds is 0. The quantitative estimate of drug-likeness (QED) is 0.418. The van der Waals surface area contributed by atoms with Crippen molar-refractivity contribution in [2.75, 3.05) is 6.54 Å². The number of hydrogen-bond donors (Lipinski definition) is 0. The highest BCUT2D eigenvalue weighted by atomic mass is 79.9. The van der Waals surface area contributed by atoms with Crippen LogP contribution in [-0.4, -0.2) is 16.4 Å². The molecule has 1 heterocycles. The summed E-state index contributed by atoms with van der Waals surface area (Å²) in [5.74, 6) is 0.155. The summed E-state index contributed by atoms with van der Waals surface area (Å²) in [6.45, 7) is 4.44. The van der Waals surface area contributed by atoms with Crippen LogP contribution in [-0.2, 0) is 4.79 Å². The van der Waals surface area contributed by atoms with Gasteiger partial charge in [-0.25, -0.2) is 0 Å². The minimum Gasteiger partial charge on any atom is -0.275 e. The van der Waals surface area contributed by atoms with E-state index in [1.807, 2.05) is 0 Å². The molecule has 1 aliphatic rings. The maximum absolute atomic E-state index is 10.8. The maximum Gasteiger partial charge on any atom is 0.233 e. The fourth-order valence-electron chi connectivity index (χ4n) is 0.769. The first-order chi connectivity index (χ1) is 4.20. The molecule has 0 aromatic rings. The summed E-state index contributed by atoms with van der Waals surface area (Å²) in [4.78, 5) is 10.8. The Hall–Kier alpha value is -0.310. The molecule has 3 heteroatoms. The van der Waals surface area contributed by atoms with E-state index in [4.69, 9.17) is 0 Å². The summed E-state index contributed by atoms with van der Waals surface area (Å²) in [7, 11) is 0. The van der Waals surface area contributed by atoms with Crippen molar-refractivity contribution in [3.63, 3.8) is 0 Å². The lowest BCUT2D eigenvalue weighted by Gasteiger charge is -2.20. The molecule has 0 spiro atoms. The Kier molecular flexibility index (Phi) is 1.90. The molecular formula is C6H8BrNO. The fourth-order valence-corrected chi connectivity index (χ4v) is 1.30. The van der Waals surface area contributed by atoms with Gasteiger partial charge in [-0.3, -0.25) is 8.72 Å². The van der Waals surface area contributed by atoms with E-state index in [-0.39, 0.29) is 5.91 Å². The smallest absolute Gasteiger partial charge is 0.233 e. The molecule has 2 nitrogen and oxygen atoms in total. The Labute approximate surface area is 62.9 Å². The van der Waals surface area contributed by atoms with Crippen molar-refractivity contribution < 1.29 is 4.79 Å². The van der Waals surface area contributed by atoms with Crippen molar-refractivity contribution in [1.82, 2.24) is 3.93 Å². The first-order valence-corrected chi connectivity index (χ1v) is 3.54. The Morgan fingerprint density at radius 3 is 2.67 bits per heavy atom. The average molecular weight is 190 g/mol. The van der Waals surface area contributed by atoms with Crippen LogP contribution in [0.3, 0.4) is 0 Å². The van der Waals surface area contributed by atoms with E-state index in [9.17, 15) is 4.79 Å². The van der Waals surface area contributed by atoms with Gasteiger partial charge >= 0.3 is 0 Å². The van der Waals surface area contributed by atoms with Gasteiger partial charge < -0.3 is 0 Å². The molecule has 1 rings (SSSR count). The molecule has 9 heavy (non-hydrogen) atoms. The standard InChI is InChI=1S/C6H8BrNO/c1-5-2-3-6(9)8(7)4-5/h1-4H2. The summed E-state index contributed by atoms with van der Waals surface area (Å²) in [5, 5.41) is 0. The molecule has 1 fully saturated rings. The van der Waals surface area contributed by atoms with Crippen LogP contribution in [0, 0.1) is 0 Å². The third kappa shape index (κ3) is 1.55. The van der Waals surface area contributed by atoms with Crippen LogP contribution in [0.4, 0.5) is 0 Å². The van der Waals surface area contributed by atoms with Gasteiger partial charge in [-0.15, -0.1) is 0 Å². The molecule has 0 radical (unpaired) electrons. The van der Waals surface area contributed by atoms with E-state index in [0.29, 0.717) is 13.0 Å². The van der Waals surface area contributed by atoms with Crippen LogP contribution >= 0.6 is 16.1 Å². The van der Waals surface area contributed by atoms with E-state index >= 15 is 0 Å². The summed E-state index contributed by atoms with van der Waals surface area (Å²) < 4.78 is 1.53. The number of carbonyl (C=O) groups is 1. The van der Waals surface area contributed by atoms with Crippen molar-refractivity contribution >= 4 is 22.1 Å². The molecule has 1 aliphatic heterocycles. The van der Waals surface area contributed by atoms with Gasteiger partial charge in [0.1, 0.15) is 0 Å². The van der Waals surface area contributed by atoms with E-state index in [2.05, 4.69) is 22.7 Å². The van der Waals surface area contributed by atoms with Gasteiger partial charge in [-0.2, -0.15) is 0 Å². The van der Waals surface area contributed by atoms with E-state index in [1.165, 1.54) is 3.93 Å². The number of hydrogen-bond acceptors (Lipinski definition) is 1. The van der Waals surface area contributed by atoms with Gasteiger partial charge in [0.15, 0.2) is 0 Å². The molecule has 0 aliphatic carbocycles. The van der Waals surface area contributed by atoms with Gasteiger partial charge in [-0.1, -0.05) is 12.2 Å². The van der Waals surface area contributed by atoms with Crippen molar-refractivity contribution in [1.29, 1.82) is 0 Å². The first-order valence-electron chi connectivity index (χ1n) is 2.83. The van der Waals surface area contributed by atoms with Crippen LogP contribution in [0.2, 0.25) is 0 Å². The molecule has 1 saturated heterocycles. The number of carbonyl (C=O) groups excluding carboxylic acids is 1. The predicted octanol–water partition coefficient (Wildman–Crippen LogP) is 1.47. The highest BCUT2D eigenvalue weighted by Crippen LogP contribution is 2.17. The number of amides is 1. The van der Waals surface area contributed by atoms with Gasteiger partial charge in [-0.05, 0) is 6.42 Å². The lowest BCUT2D eigenvalue weighted by molar-refractivity contribution is -0.126. The molecule has 1 amide bonds. The Bertz CT molecular complexity index is 155. The summed E-state index contributed by atoms with van der Waals surface area (Å²) in [5.41, 5.74) is 1.12. The Morgan fingerprint density at radius 2 is 2.22 bits per heavy atom. The molecule has 0 saturated carbocycles. The molecule has 0 atom stereocenters. The van der Waals surface area contributed by atoms with Gasteiger partial charge in [0, 0.05) is 6.42 Å². The Balaban J connectivity index is 2.54. The predicted molar refractivity (Wildman–Crippen MR) is 39.0 cm³/mol. The lowest BCUT2D eigenvalue weighted by atomic mass is 10.1. The van der Waals surface area contributed by atoms with E-state index < -0.39 is 0 Å². The zero-order chi connectivity index (χ0) is 6.85. The highest BCUT2D eigenvalue weighted by molar-refractivity contribution is 9.07. The molecular weight excluding hydrogens is 182 g/mol. The SMILES string of the molecule is C=C1CCC(=O)N(Br)C1. The number of halogens is 1. The molecule has 0 aromatic heterocycles. The lowest BCUT2D eigenvalue weighted by Crippen LogP contribution is -2.27. The topological polar surface area (TPSA) is 20.3 Å². The number of piperidine rings is 1. The van der Waals surface area contributed by atoms with Crippen LogP contribution in [0.5, 0.6) is 0 Å². The van der Waals surface area contributed by atoms with Crippen LogP contribution in [0.1, 0.15) is 12.8 Å². The van der Waals surface area contributed by atoms with E-state index in [1.54, 1.807) is 0 Å². The third-order valence-electron chi connectivity index (χ3n) is 1.33. The van der Waals surface area contributed by atoms with E-state index in [0.717, 1.165) is 12.0 Å².